The summed E-state index contributed by atoms with van der Waals surface area (Å²) in [6, 6.07) is 11.6. The first kappa shape index (κ1) is 27.4. The third-order valence-corrected chi connectivity index (χ3v) is 4.81. The number of benzene rings is 3. The zero-order valence-corrected chi connectivity index (χ0v) is 20.4. The van der Waals surface area contributed by atoms with Crippen molar-refractivity contribution in [3.8, 4) is 17.2 Å². The molecular formula is C21H16Cl2NNaO7. The van der Waals surface area contributed by atoms with Gasteiger partial charge < -0.3 is 35.6 Å². The average molecular weight is 488 g/mol. The summed E-state index contributed by atoms with van der Waals surface area (Å²) in [5.74, 6) is -4.59. The fourth-order valence-corrected chi connectivity index (χ4v) is 2.87. The number of carbonyl (C=O) groups is 2. The summed E-state index contributed by atoms with van der Waals surface area (Å²) in [4.78, 5) is 21.3. The van der Waals surface area contributed by atoms with Crippen LogP contribution in [-0.2, 0) is 0 Å². The van der Waals surface area contributed by atoms with Crippen LogP contribution >= 0.6 is 23.2 Å². The zero-order chi connectivity index (χ0) is 23.3. The summed E-state index contributed by atoms with van der Waals surface area (Å²) in [7, 11) is 0. The maximum absolute atomic E-state index is 11.0. The van der Waals surface area contributed by atoms with Gasteiger partial charge in [-0.05, 0) is 36.8 Å². The van der Waals surface area contributed by atoms with Crippen LogP contribution in [0.4, 0.5) is 11.4 Å². The van der Waals surface area contributed by atoms with Crippen molar-refractivity contribution in [3.63, 3.8) is 0 Å². The topological polar surface area (TPSA) is 150 Å². The third kappa shape index (κ3) is 6.69. The Morgan fingerprint density at radius 1 is 0.969 bits per heavy atom. The molecule has 0 heterocycles. The van der Waals surface area contributed by atoms with Gasteiger partial charge in [0.15, 0.2) is 17.2 Å². The van der Waals surface area contributed by atoms with Crippen molar-refractivity contribution in [1.29, 1.82) is 0 Å². The molecule has 0 spiro atoms. The third-order valence-electron chi connectivity index (χ3n) is 4.01. The van der Waals surface area contributed by atoms with Gasteiger partial charge in [-0.1, -0.05) is 47.5 Å². The summed E-state index contributed by atoms with van der Waals surface area (Å²) in [5, 5.41) is 49.8. The van der Waals surface area contributed by atoms with E-state index in [0.717, 1.165) is 17.7 Å². The van der Waals surface area contributed by atoms with Gasteiger partial charge in [0.2, 0.25) is 0 Å². The molecular weight excluding hydrogens is 472 g/mol. The summed E-state index contributed by atoms with van der Waals surface area (Å²) in [5.41, 5.74) is 1.48. The minimum atomic E-state index is -1.29. The van der Waals surface area contributed by atoms with Crippen molar-refractivity contribution in [3.05, 3.63) is 75.3 Å². The first-order valence-electron chi connectivity index (χ1n) is 8.53. The number of para-hydroxylation sites is 1. The molecule has 3 aromatic carbocycles. The molecule has 0 fully saturated rings. The summed E-state index contributed by atoms with van der Waals surface area (Å²) < 4.78 is 0. The molecule has 11 heteroatoms. The molecule has 3 rings (SSSR count). The van der Waals surface area contributed by atoms with Crippen molar-refractivity contribution in [2.45, 2.75) is 6.92 Å². The maximum atomic E-state index is 11.0. The van der Waals surface area contributed by atoms with Gasteiger partial charge >= 0.3 is 35.5 Å². The second-order valence-corrected chi connectivity index (χ2v) is 6.96. The molecule has 0 unspecified atom stereocenters. The molecule has 0 bridgehead atoms. The average Bonchev–Trinajstić information content (AvgIpc) is 2.72. The maximum Gasteiger partial charge on any atom is 1.00 e. The predicted octanol–water partition coefficient (Wildman–Crippen LogP) is 0.915. The molecule has 162 valence electrons. The van der Waals surface area contributed by atoms with Crippen LogP contribution in [0.25, 0.3) is 0 Å². The molecule has 0 aliphatic rings. The monoisotopic (exact) mass is 487 g/mol. The number of carboxylic acids is 2. The second kappa shape index (κ2) is 11.8. The number of anilines is 2. The van der Waals surface area contributed by atoms with Gasteiger partial charge in [-0.25, -0.2) is 4.79 Å². The first-order valence-corrected chi connectivity index (χ1v) is 9.28. The van der Waals surface area contributed by atoms with Crippen LogP contribution in [0.5, 0.6) is 17.2 Å². The van der Waals surface area contributed by atoms with E-state index >= 15 is 0 Å². The number of rotatable bonds is 4. The number of phenols is 3. The molecule has 0 aliphatic carbocycles. The molecule has 0 atom stereocenters. The van der Waals surface area contributed by atoms with E-state index in [1.165, 1.54) is 6.07 Å². The molecule has 0 aromatic heterocycles. The van der Waals surface area contributed by atoms with E-state index in [9.17, 15) is 14.7 Å². The summed E-state index contributed by atoms with van der Waals surface area (Å²) >= 11 is 12.2. The molecule has 5 N–H and O–H groups in total. The van der Waals surface area contributed by atoms with Gasteiger partial charge in [0, 0.05) is 11.3 Å². The van der Waals surface area contributed by atoms with Crippen LogP contribution in [0.15, 0.2) is 48.5 Å². The summed E-state index contributed by atoms with van der Waals surface area (Å²) in [6.45, 7) is 1.84. The first-order chi connectivity index (χ1) is 14.5. The van der Waals surface area contributed by atoms with Crippen molar-refractivity contribution >= 4 is 46.5 Å². The van der Waals surface area contributed by atoms with Crippen LogP contribution in [0.2, 0.25) is 10.0 Å². The van der Waals surface area contributed by atoms with Crippen molar-refractivity contribution < 1.29 is 64.7 Å². The van der Waals surface area contributed by atoms with Crippen molar-refractivity contribution in [2.75, 3.05) is 5.32 Å². The predicted molar refractivity (Wildman–Crippen MR) is 114 cm³/mol. The zero-order valence-electron chi connectivity index (χ0n) is 16.9. The van der Waals surface area contributed by atoms with E-state index < -0.39 is 29.2 Å². The molecule has 0 radical (unpaired) electrons. The summed E-state index contributed by atoms with van der Waals surface area (Å²) in [6.07, 6.45) is 0. The molecule has 0 amide bonds. The molecule has 0 saturated heterocycles. The Balaban J connectivity index is 0.000000342. The van der Waals surface area contributed by atoms with Gasteiger partial charge in [-0.2, -0.15) is 0 Å². The fraction of sp³-hybridized carbons (Fsp3) is 0.0476. The Morgan fingerprint density at radius 3 is 2.06 bits per heavy atom. The van der Waals surface area contributed by atoms with Crippen molar-refractivity contribution in [1.82, 2.24) is 0 Å². The van der Waals surface area contributed by atoms with Gasteiger partial charge in [0.1, 0.15) is 0 Å². The minimum absolute atomic E-state index is 0. The van der Waals surface area contributed by atoms with Crippen LogP contribution in [0, 0.1) is 6.92 Å². The molecule has 32 heavy (non-hydrogen) atoms. The van der Waals surface area contributed by atoms with E-state index in [2.05, 4.69) is 5.32 Å². The van der Waals surface area contributed by atoms with E-state index in [4.69, 9.17) is 43.6 Å². The second-order valence-electron chi connectivity index (χ2n) is 6.18. The SMILES string of the molecule is Cc1ccc(Cl)c(Nc2ccccc2C(=O)[O-])c1Cl.O=C(O)c1cc(O)c(O)c(O)c1.[Na+]. The smallest absolute Gasteiger partial charge is 0.545 e. The largest absolute Gasteiger partial charge is 1.00 e. The van der Waals surface area contributed by atoms with Crippen LogP contribution in [-0.4, -0.2) is 32.4 Å². The number of hydrogen-bond acceptors (Lipinski definition) is 7. The molecule has 0 saturated carbocycles. The van der Waals surface area contributed by atoms with Crippen LogP contribution < -0.4 is 40.0 Å². The van der Waals surface area contributed by atoms with Crippen molar-refractivity contribution in [2.24, 2.45) is 0 Å². The Labute approximate surface area is 215 Å². The van der Waals surface area contributed by atoms with Gasteiger partial charge in [-0.15, -0.1) is 0 Å². The number of nitrogens with one attached hydrogen (secondary N) is 1. The standard InChI is InChI=1S/C14H11Cl2NO2.C7H6O5.Na/c1-8-6-7-10(15)13(12(8)16)17-11-5-3-2-4-9(11)14(18)19;8-4-1-3(7(11)12)2-5(9)6(4)10;/h2-7,17H,1H3,(H,18,19);1-2,8-10H,(H,11,12);/q;;+1/p-1. The number of aryl methyl sites for hydroxylation is 1. The van der Waals surface area contributed by atoms with Crippen LogP contribution in [0.3, 0.4) is 0 Å². The quantitative estimate of drug-likeness (QED) is 0.269. The Hall–Kier alpha value is -2.62. The Morgan fingerprint density at radius 2 is 1.53 bits per heavy atom. The van der Waals surface area contributed by atoms with Gasteiger partial charge in [0.05, 0.1) is 27.3 Å². The minimum Gasteiger partial charge on any atom is -0.545 e. The number of phenolic OH excluding ortho intramolecular Hbond substituents is 3. The van der Waals surface area contributed by atoms with E-state index in [0.29, 0.717) is 21.4 Å². The van der Waals surface area contributed by atoms with E-state index in [1.807, 2.05) is 6.92 Å². The van der Waals surface area contributed by atoms with E-state index in [-0.39, 0.29) is 40.7 Å². The molecule has 3 aromatic rings. The fourth-order valence-electron chi connectivity index (χ4n) is 2.40. The normalized spacial score (nSPS) is 9.72. The van der Waals surface area contributed by atoms with E-state index in [1.54, 1.807) is 30.3 Å². The Kier molecular flexibility index (Phi) is 10.1. The molecule has 8 nitrogen and oxygen atoms in total. The van der Waals surface area contributed by atoms with Gasteiger partial charge in [-0.3, -0.25) is 0 Å². The molecule has 0 aliphatic heterocycles. The number of aromatic hydroxyl groups is 3. The number of carboxylic acid groups (broad SMARTS) is 2. The van der Waals surface area contributed by atoms with Crippen LogP contribution in [0.1, 0.15) is 26.3 Å². The number of halogens is 2. The number of hydrogen-bond donors (Lipinski definition) is 5. The van der Waals surface area contributed by atoms with Gasteiger partial charge in [0.25, 0.3) is 0 Å². The number of aromatic carboxylic acids is 2. The Bertz CT molecular complexity index is 1130. The number of carbonyl (C=O) groups excluding carboxylic acids is 1.